The molecule has 0 spiro atoms. The summed E-state index contributed by atoms with van der Waals surface area (Å²) in [4.78, 5) is 19.0. The molecule has 4 N–H and O–H groups in total. The summed E-state index contributed by atoms with van der Waals surface area (Å²) in [5.74, 6) is 0.635. The molecule has 1 saturated heterocycles. The van der Waals surface area contributed by atoms with Crippen LogP contribution in [0.3, 0.4) is 0 Å². The van der Waals surface area contributed by atoms with E-state index in [9.17, 15) is 15.0 Å². The Labute approximate surface area is 205 Å². The Morgan fingerprint density at radius 3 is 2.71 bits per heavy atom. The minimum atomic E-state index is -0.625. The van der Waals surface area contributed by atoms with Crippen LogP contribution in [0, 0.1) is 0 Å². The Morgan fingerprint density at radius 1 is 1.17 bits per heavy atom. The van der Waals surface area contributed by atoms with E-state index in [0.717, 1.165) is 53.7 Å². The number of piperidine rings is 1. The Morgan fingerprint density at radius 2 is 1.97 bits per heavy atom. The Bertz CT molecular complexity index is 1140. The zero-order valence-electron chi connectivity index (χ0n) is 20.3. The van der Waals surface area contributed by atoms with Gasteiger partial charge in [0.05, 0.1) is 31.4 Å². The highest BCUT2D eigenvalue weighted by molar-refractivity contribution is 5.92. The molecule has 2 unspecified atom stereocenters. The van der Waals surface area contributed by atoms with E-state index in [1.165, 1.54) is 0 Å². The second-order valence-electron chi connectivity index (χ2n) is 9.10. The van der Waals surface area contributed by atoms with Gasteiger partial charge in [-0.05, 0) is 80.4 Å². The lowest BCUT2D eigenvalue weighted by atomic mass is 10.0. The number of aliphatic hydroxyl groups excluding tert-OH is 2. The number of β-amino-alcohol motifs (C(OH)–C–C–N with tert-alkyl or cyclic N) is 1. The topological polar surface area (TPSA) is 107 Å². The fourth-order valence-electron chi connectivity index (χ4n) is 4.55. The van der Waals surface area contributed by atoms with Crippen LogP contribution in [0.15, 0.2) is 54.7 Å². The van der Waals surface area contributed by atoms with Gasteiger partial charge in [-0.1, -0.05) is 12.1 Å². The molecule has 0 radical (unpaired) electrons. The maximum Gasteiger partial charge on any atom is 0.238 e. The van der Waals surface area contributed by atoms with Gasteiger partial charge in [-0.3, -0.25) is 9.78 Å². The average Bonchev–Trinajstić information content (AvgIpc) is 2.87. The molecule has 8 heteroatoms. The number of ether oxygens (including phenoxy) is 1. The SMILES string of the molecule is COc1ccc2nccc(C(O)CN3CCC(NCC(=O)Nc4cccc(C(C)O)c4)CC3)c2c1. The first-order valence-corrected chi connectivity index (χ1v) is 12.1. The normalized spacial score (nSPS) is 16.7. The molecule has 8 nitrogen and oxygen atoms in total. The van der Waals surface area contributed by atoms with Crippen molar-refractivity contribution in [2.75, 3.05) is 38.6 Å². The molecule has 186 valence electrons. The van der Waals surface area contributed by atoms with Crippen molar-refractivity contribution in [3.63, 3.8) is 0 Å². The van der Waals surface area contributed by atoms with Crippen molar-refractivity contribution < 1.29 is 19.7 Å². The number of aliphatic hydroxyl groups is 2. The van der Waals surface area contributed by atoms with Gasteiger partial charge in [0, 0.05) is 29.9 Å². The maximum absolute atomic E-state index is 12.4. The third kappa shape index (κ3) is 6.55. The van der Waals surface area contributed by atoms with Crippen LogP contribution in [0.5, 0.6) is 5.75 Å². The lowest BCUT2D eigenvalue weighted by molar-refractivity contribution is -0.115. The van der Waals surface area contributed by atoms with E-state index in [2.05, 4.69) is 20.5 Å². The summed E-state index contributed by atoms with van der Waals surface area (Å²) in [6.07, 6.45) is 2.34. The number of amides is 1. The first-order valence-electron chi connectivity index (χ1n) is 12.1. The highest BCUT2D eigenvalue weighted by atomic mass is 16.5. The molecule has 0 aliphatic carbocycles. The fraction of sp³-hybridized carbons (Fsp3) is 0.407. The number of pyridine rings is 1. The summed E-state index contributed by atoms with van der Waals surface area (Å²) in [6, 6.07) is 15.1. The molecule has 2 aromatic carbocycles. The maximum atomic E-state index is 12.4. The highest BCUT2D eigenvalue weighted by Gasteiger charge is 2.23. The van der Waals surface area contributed by atoms with Crippen molar-refractivity contribution in [1.82, 2.24) is 15.2 Å². The second kappa shape index (κ2) is 11.6. The van der Waals surface area contributed by atoms with E-state index >= 15 is 0 Å². The third-order valence-electron chi connectivity index (χ3n) is 6.56. The molecular formula is C27H34N4O4. The first-order chi connectivity index (χ1) is 16.9. The van der Waals surface area contributed by atoms with Gasteiger partial charge in [0.2, 0.25) is 5.91 Å². The number of anilines is 1. The average molecular weight is 479 g/mol. The minimum absolute atomic E-state index is 0.106. The number of benzene rings is 2. The lowest BCUT2D eigenvalue weighted by Gasteiger charge is -2.33. The summed E-state index contributed by atoms with van der Waals surface area (Å²) in [5.41, 5.74) is 3.14. The van der Waals surface area contributed by atoms with Crippen molar-refractivity contribution >= 4 is 22.5 Å². The summed E-state index contributed by atoms with van der Waals surface area (Å²) in [7, 11) is 1.63. The summed E-state index contributed by atoms with van der Waals surface area (Å²) in [5, 5.41) is 27.8. The number of rotatable bonds is 9. The Kier molecular flexibility index (Phi) is 8.30. The Hall–Kier alpha value is -3.04. The molecule has 35 heavy (non-hydrogen) atoms. The zero-order valence-corrected chi connectivity index (χ0v) is 20.3. The molecular weight excluding hydrogens is 444 g/mol. The molecule has 2 heterocycles. The van der Waals surface area contributed by atoms with Crippen LogP contribution in [0.4, 0.5) is 5.69 Å². The van der Waals surface area contributed by atoms with E-state index in [-0.39, 0.29) is 18.5 Å². The van der Waals surface area contributed by atoms with E-state index < -0.39 is 12.2 Å². The van der Waals surface area contributed by atoms with Gasteiger partial charge < -0.3 is 30.5 Å². The van der Waals surface area contributed by atoms with Gasteiger partial charge in [0.15, 0.2) is 0 Å². The number of likely N-dealkylation sites (tertiary alicyclic amines) is 1. The predicted octanol–water partition coefficient (Wildman–Crippen LogP) is 3.02. The van der Waals surface area contributed by atoms with Crippen LogP contribution in [-0.4, -0.2) is 65.3 Å². The molecule has 0 saturated carbocycles. The van der Waals surface area contributed by atoms with Gasteiger partial charge in [-0.15, -0.1) is 0 Å². The zero-order chi connectivity index (χ0) is 24.8. The predicted molar refractivity (Wildman–Crippen MR) is 136 cm³/mol. The minimum Gasteiger partial charge on any atom is -0.497 e. The largest absolute Gasteiger partial charge is 0.497 e. The number of hydrogen-bond acceptors (Lipinski definition) is 7. The molecule has 1 aliphatic rings. The van der Waals surface area contributed by atoms with Crippen LogP contribution in [0.1, 0.15) is 43.1 Å². The lowest BCUT2D eigenvalue weighted by Crippen LogP contribution is -2.45. The standard InChI is InChI=1S/C27H34N4O4/c1-18(32)19-4-3-5-21(14-19)30-27(34)16-29-20-9-12-31(13-10-20)17-26(33)23-8-11-28-25-7-6-22(35-2)15-24(23)25/h3-8,11,14-15,18,20,26,29,32-33H,9-10,12-13,16-17H2,1-2H3,(H,30,34). The number of carbonyl (C=O) groups is 1. The van der Waals surface area contributed by atoms with Crippen LogP contribution in [0.25, 0.3) is 10.9 Å². The molecule has 0 bridgehead atoms. The molecule has 2 atom stereocenters. The third-order valence-corrected chi connectivity index (χ3v) is 6.56. The van der Waals surface area contributed by atoms with Crippen molar-refractivity contribution in [3.8, 4) is 5.75 Å². The van der Waals surface area contributed by atoms with E-state index in [0.29, 0.717) is 12.2 Å². The second-order valence-corrected chi connectivity index (χ2v) is 9.10. The first kappa shape index (κ1) is 25.1. The van der Waals surface area contributed by atoms with Crippen LogP contribution >= 0.6 is 0 Å². The molecule has 1 amide bonds. The molecule has 1 aromatic heterocycles. The van der Waals surface area contributed by atoms with Crippen molar-refractivity contribution in [1.29, 1.82) is 0 Å². The smallest absolute Gasteiger partial charge is 0.238 e. The number of aromatic nitrogens is 1. The van der Waals surface area contributed by atoms with Gasteiger partial charge >= 0.3 is 0 Å². The number of carbonyl (C=O) groups excluding carboxylic acids is 1. The van der Waals surface area contributed by atoms with Gasteiger partial charge in [0.1, 0.15) is 5.75 Å². The highest BCUT2D eigenvalue weighted by Crippen LogP contribution is 2.27. The fourth-order valence-corrected chi connectivity index (χ4v) is 4.55. The molecule has 1 aliphatic heterocycles. The number of nitrogens with zero attached hydrogens (tertiary/aromatic N) is 2. The van der Waals surface area contributed by atoms with E-state index in [4.69, 9.17) is 4.74 Å². The molecule has 3 aromatic rings. The van der Waals surface area contributed by atoms with Crippen molar-refractivity contribution in [2.45, 2.75) is 38.0 Å². The Balaban J connectivity index is 1.24. The van der Waals surface area contributed by atoms with E-state index in [1.807, 2.05) is 42.5 Å². The van der Waals surface area contributed by atoms with E-state index in [1.54, 1.807) is 26.3 Å². The monoisotopic (exact) mass is 478 g/mol. The number of nitrogens with one attached hydrogen (secondary N) is 2. The van der Waals surface area contributed by atoms with Crippen LogP contribution in [-0.2, 0) is 4.79 Å². The quantitative estimate of drug-likeness (QED) is 0.375. The molecule has 4 rings (SSSR count). The van der Waals surface area contributed by atoms with Crippen LogP contribution in [0.2, 0.25) is 0 Å². The number of hydrogen-bond donors (Lipinski definition) is 4. The van der Waals surface area contributed by atoms with Gasteiger partial charge in [-0.2, -0.15) is 0 Å². The van der Waals surface area contributed by atoms with Gasteiger partial charge in [0.25, 0.3) is 0 Å². The van der Waals surface area contributed by atoms with Crippen LogP contribution < -0.4 is 15.4 Å². The number of methoxy groups -OCH3 is 1. The van der Waals surface area contributed by atoms with Gasteiger partial charge in [-0.25, -0.2) is 0 Å². The van der Waals surface area contributed by atoms with Crippen molar-refractivity contribution in [2.24, 2.45) is 0 Å². The van der Waals surface area contributed by atoms with Crippen molar-refractivity contribution in [3.05, 3.63) is 65.9 Å². The summed E-state index contributed by atoms with van der Waals surface area (Å²) in [6.45, 7) is 4.17. The summed E-state index contributed by atoms with van der Waals surface area (Å²) >= 11 is 0. The summed E-state index contributed by atoms with van der Waals surface area (Å²) < 4.78 is 5.34. The number of fused-ring (bicyclic) bond motifs is 1. The molecule has 1 fully saturated rings.